The molecular formula is C15H22N2. The van der Waals surface area contributed by atoms with Crippen LogP contribution in [0.3, 0.4) is 0 Å². The van der Waals surface area contributed by atoms with Crippen molar-refractivity contribution in [3.05, 3.63) is 29.3 Å². The van der Waals surface area contributed by atoms with Crippen molar-refractivity contribution in [2.75, 3.05) is 24.5 Å². The Labute approximate surface area is 104 Å². The van der Waals surface area contributed by atoms with E-state index in [0.29, 0.717) is 5.41 Å². The van der Waals surface area contributed by atoms with Crippen LogP contribution in [0.25, 0.3) is 0 Å². The highest BCUT2D eigenvalue weighted by molar-refractivity contribution is 5.58. The van der Waals surface area contributed by atoms with E-state index >= 15 is 0 Å². The van der Waals surface area contributed by atoms with Gasteiger partial charge in [-0.3, -0.25) is 0 Å². The third kappa shape index (κ3) is 2.06. The van der Waals surface area contributed by atoms with Crippen LogP contribution in [-0.4, -0.2) is 19.6 Å². The van der Waals surface area contributed by atoms with Crippen LogP contribution < -0.4 is 10.2 Å². The molecule has 1 aromatic carbocycles. The van der Waals surface area contributed by atoms with Crippen LogP contribution in [-0.2, 0) is 13.0 Å². The molecule has 0 amide bonds. The van der Waals surface area contributed by atoms with Crippen molar-refractivity contribution in [2.24, 2.45) is 5.41 Å². The van der Waals surface area contributed by atoms with Gasteiger partial charge in [-0.05, 0) is 42.0 Å². The summed E-state index contributed by atoms with van der Waals surface area (Å²) < 4.78 is 0. The van der Waals surface area contributed by atoms with Crippen molar-refractivity contribution in [3.63, 3.8) is 0 Å². The van der Waals surface area contributed by atoms with E-state index in [2.05, 4.69) is 42.3 Å². The minimum Gasteiger partial charge on any atom is -0.371 e. The lowest BCUT2D eigenvalue weighted by Crippen LogP contribution is -2.28. The van der Waals surface area contributed by atoms with Gasteiger partial charge in [0.25, 0.3) is 0 Å². The summed E-state index contributed by atoms with van der Waals surface area (Å²) in [6.07, 6.45) is 2.50. The largest absolute Gasteiger partial charge is 0.371 e. The fraction of sp³-hybridized carbons (Fsp3) is 0.600. The number of nitrogens with one attached hydrogen (secondary N) is 1. The molecule has 0 aromatic heterocycles. The predicted molar refractivity (Wildman–Crippen MR) is 72.5 cm³/mol. The molecule has 2 heterocycles. The van der Waals surface area contributed by atoms with Gasteiger partial charge in [-0.2, -0.15) is 0 Å². The first-order chi connectivity index (χ1) is 8.16. The SMILES string of the molecule is CC1(C)CCN(c2cccc3c2CCNC3)C1. The lowest BCUT2D eigenvalue weighted by Gasteiger charge is -2.27. The quantitative estimate of drug-likeness (QED) is 0.797. The summed E-state index contributed by atoms with van der Waals surface area (Å²) in [5, 5.41) is 3.46. The second-order valence-corrected chi connectivity index (χ2v) is 6.18. The third-order valence-electron chi connectivity index (χ3n) is 4.13. The first kappa shape index (κ1) is 11.1. The Morgan fingerprint density at radius 1 is 1.29 bits per heavy atom. The van der Waals surface area contributed by atoms with Gasteiger partial charge in [0.15, 0.2) is 0 Å². The molecule has 0 radical (unpaired) electrons. The highest BCUT2D eigenvalue weighted by Crippen LogP contribution is 2.35. The molecule has 2 aliphatic heterocycles. The van der Waals surface area contributed by atoms with Crippen molar-refractivity contribution in [1.82, 2.24) is 5.32 Å². The molecule has 2 aliphatic rings. The number of benzene rings is 1. The Bertz CT molecular complexity index is 423. The Kier molecular flexibility index (Phi) is 2.62. The molecule has 1 saturated heterocycles. The smallest absolute Gasteiger partial charge is 0.0402 e. The van der Waals surface area contributed by atoms with Gasteiger partial charge < -0.3 is 10.2 Å². The van der Waals surface area contributed by atoms with Crippen molar-refractivity contribution in [1.29, 1.82) is 0 Å². The molecule has 1 aromatic rings. The number of nitrogens with zero attached hydrogens (tertiary/aromatic N) is 1. The summed E-state index contributed by atoms with van der Waals surface area (Å²) in [5.74, 6) is 0. The zero-order valence-corrected chi connectivity index (χ0v) is 10.9. The van der Waals surface area contributed by atoms with Crippen molar-refractivity contribution >= 4 is 5.69 Å². The molecule has 3 rings (SSSR count). The minimum absolute atomic E-state index is 0.482. The second-order valence-electron chi connectivity index (χ2n) is 6.18. The Morgan fingerprint density at radius 2 is 2.18 bits per heavy atom. The van der Waals surface area contributed by atoms with Crippen LogP contribution in [0, 0.1) is 5.41 Å². The number of anilines is 1. The summed E-state index contributed by atoms with van der Waals surface area (Å²) in [7, 11) is 0. The maximum absolute atomic E-state index is 3.46. The van der Waals surface area contributed by atoms with Crippen LogP contribution in [0.1, 0.15) is 31.4 Å². The molecule has 0 aliphatic carbocycles. The van der Waals surface area contributed by atoms with Crippen molar-refractivity contribution in [2.45, 2.75) is 33.2 Å². The van der Waals surface area contributed by atoms with Gasteiger partial charge in [0.05, 0.1) is 0 Å². The Balaban J connectivity index is 1.93. The summed E-state index contributed by atoms with van der Waals surface area (Å²) in [6.45, 7) is 9.35. The van der Waals surface area contributed by atoms with Gasteiger partial charge in [-0.1, -0.05) is 26.0 Å². The monoisotopic (exact) mass is 230 g/mol. The van der Waals surface area contributed by atoms with Crippen LogP contribution >= 0.6 is 0 Å². The molecule has 2 heteroatoms. The normalized spacial score (nSPS) is 22.6. The Hall–Kier alpha value is -1.02. The third-order valence-corrected chi connectivity index (χ3v) is 4.13. The van der Waals surface area contributed by atoms with Crippen molar-refractivity contribution in [3.8, 4) is 0 Å². The lowest BCUT2D eigenvalue weighted by molar-refractivity contribution is 0.418. The maximum atomic E-state index is 3.46. The van der Waals surface area contributed by atoms with Gasteiger partial charge in [0.2, 0.25) is 0 Å². The fourth-order valence-corrected chi connectivity index (χ4v) is 3.13. The zero-order valence-electron chi connectivity index (χ0n) is 10.9. The van der Waals surface area contributed by atoms with E-state index in [9.17, 15) is 0 Å². The van der Waals surface area contributed by atoms with Gasteiger partial charge in [-0.25, -0.2) is 0 Å². The number of hydrogen-bond acceptors (Lipinski definition) is 2. The van der Waals surface area contributed by atoms with Crippen LogP contribution in [0.2, 0.25) is 0 Å². The van der Waals surface area contributed by atoms with E-state index < -0.39 is 0 Å². The lowest BCUT2D eigenvalue weighted by atomic mass is 9.93. The molecular weight excluding hydrogens is 208 g/mol. The maximum Gasteiger partial charge on any atom is 0.0402 e. The molecule has 0 atom stereocenters. The van der Waals surface area contributed by atoms with Crippen LogP contribution in [0.5, 0.6) is 0 Å². The fourth-order valence-electron chi connectivity index (χ4n) is 3.13. The summed E-state index contributed by atoms with van der Waals surface area (Å²) in [5.41, 5.74) is 5.06. The van der Waals surface area contributed by atoms with Crippen LogP contribution in [0.4, 0.5) is 5.69 Å². The van der Waals surface area contributed by atoms with E-state index in [1.54, 1.807) is 5.56 Å². The molecule has 0 bridgehead atoms. The summed E-state index contributed by atoms with van der Waals surface area (Å²) >= 11 is 0. The number of hydrogen-bond donors (Lipinski definition) is 1. The van der Waals surface area contributed by atoms with E-state index in [0.717, 1.165) is 13.1 Å². The van der Waals surface area contributed by atoms with E-state index in [4.69, 9.17) is 0 Å². The standard InChI is InChI=1S/C15H22N2/c1-15(2)7-9-17(11-15)14-5-3-4-12-10-16-8-6-13(12)14/h3-5,16H,6-11H2,1-2H3. The number of rotatable bonds is 1. The second kappa shape index (κ2) is 4.02. The highest BCUT2D eigenvalue weighted by atomic mass is 15.2. The summed E-state index contributed by atoms with van der Waals surface area (Å²) in [6, 6.07) is 6.80. The van der Waals surface area contributed by atoms with E-state index in [1.165, 1.54) is 37.2 Å². The van der Waals surface area contributed by atoms with Gasteiger partial charge >= 0.3 is 0 Å². The van der Waals surface area contributed by atoms with Gasteiger partial charge in [0, 0.05) is 25.3 Å². The molecule has 2 nitrogen and oxygen atoms in total. The highest BCUT2D eigenvalue weighted by Gasteiger charge is 2.30. The van der Waals surface area contributed by atoms with Crippen LogP contribution in [0.15, 0.2) is 18.2 Å². The average Bonchev–Trinajstić information content (AvgIpc) is 2.69. The molecule has 92 valence electrons. The molecule has 0 saturated carbocycles. The van der Waals surface area contributed by atoms with Gasteiger partial charge in [0.1, 0.15) is 0 Å². The number of fused-ring (bicyclic) bond motifs is 1. The average molecular weight is 230 g/mol. The minimum atomic E-state index is 0.482. The van der Waals surface area contributed by atoms with Crippen molar-refractivity contribution < 1.29 is 0 Å². The molecule has 0 unspecified atom stereocenters. The van der Waals surface area contributed by atoms with E-state index in [1.807, 2.05) is 0 Å². The van der Waals surface area contributed by atoms with E-state index in [-0.39, 0.29) is 0 Å². The Morgan fingerprint density at radius 3 is 2.94 bits per heavy atom. The molecule has 0 spiro atoms. The summed E-state index contributed by atoms with van der Waals surface area (Å²) in [4.78, 5) is 2.59. The molecule has 17 heavy (non-hydrogen) atoms. The first-order valence-electron chi connectivity index (χ1n) is 6.72. The molecule has 1 N–H and O–H groups in total. The predicted octanol–water partition coefficient (Wildman–Crippen LogP) is 2.57. The van der Waals surface area contributed by atoms with Gasteiger partial charge in [-0.15, -0.1) is 0 Å². The molecule has 1 fully saturated rings. The zero-order chi connectivity index (χ0) is 11.9. The first-order valence-corrected chi connectivity index (χ1v) is 6.72. The topological polar surface area (TPSA) is 15.3 Å².